The maximum Gasteiger partial charge on any atom is 0.302 e. The fourth-order valence-electron chi connectivity index (χ4n) is 1.40. The molecule has 1 rings (SSSR count). The van der Waals surface area contributed by atoms with Gasteiger partial charge in [0.25, 0.3) is 0 Å². The van der Waals surface area contributed by atoms with Crippen LogP contribution in [-0.4, -0.2) is 52.5 Å². The molecule has 1 unspecified atom stereocenters. The van der Waals surface area contributed by atoms with Crippen molar-refractivity contribution in [2.75, 3.05) is 6.61 Å². The molecule has 0 bridgehead atoms. The van der Waals surface area contributed by atoms with E-state index >= 15 is 0 Å². The Morgan fingerprint density at radius 3 is 2.71 bits per heavy atom. The fraction of sp³-hybridized carbons (Fsp3) is 0.875. The Morgan fingerprint density at radius 2 is 2.21 bits per heavy atom. The summed E-state index contributed by atoms with van der Waals surface area (Å²) in [7, 11) is 0. The molecule has 14 heavy (non-hydrogen) atoms. The van der Waals surface area contributed by atoms with E-state index in [4.69, 9.17) is 14.6 Å². The SMILES string of the molecule is CC(=O)O[C@@H]1CC(O)O[C@H](CO)[C@H]1O. The number of aliphatic hydroxyl groups is 3. The lowest BCUT2D eigenvalue weighted by Gasteiger charge is -2.35. The molecule has 1 fully saturated rings. The van der Waals surface area contributed by atoms with Crippen LogP contribution in [0.5, 0.6) is 0 Å². The van der Waals surface area contributed by atoms with Crippen LogP contribution in [0.1, 0.15) is 13.3 Å². The third-order valence-corrected chi connectivity index (χ3v) is 2.02. The average Bonchev–Trinajstić information content (AvgIpc) is 2.09. The van der Waals surface area contributed by atoms with Crippen molar-refractivity contribution in [3.63, 3.8) is 0 Å². The quantitative estimate of drug-likeness (QED) is 0.470. The Morgan fingerprint density at radius 1 is 1.57 bits per heavy atom. The van der Waals surface area contributed by atoms with Gasteiger partial charge in [0.15, 0.2) is 6.29 Å². The molecule has 1 saturated heterocycles. The van der Waals surface area contributed by atoms with Gasteiger partial charge in [-0.25, -0.2) is 0 Å². The molecule has 0 aromatic carbocycles. The second-order valence-electron chi connectivity index (χ2n) is 3.19. The molecular formula is C8H14O6. The van der Waals surface area contributed by atoms with Gasteiger partial charge in [-0.05, 0) is 0 Å². The van der Waals surface area contributed by atoms with Crippen molar-refractivity contribution in [2.24, 2.45) is 0 Å². The summed E-state index contributed by atoms with van der Waals surface area (Å²) in [6.45, 7) is 0.776. The molecule has 1 aliphatic rings. The first-order valence-electron chi connectivity index (χ1n) is 4.34. The van der Waals surface area contributed by atoms with Crippen LogP contribution >= 0.6 is 0 Å². The van der Waals surface area contributed by atoms with E-state index in [0.717, 1.165) is 0 Å². The standard InChI is InChI=1S/C8H14O6/c1-4(10)13-5-2-7(11)14-6(3-9)8(5)12/h5-9,11-12H,2-3H2,1H3/t5-,6-,7?,8+/m1/s1. The maximum absolute atomic E-state index is 10.6. The number of ether oxygens (including phenoxy) is 2. The second-order valence-corrected chi connectivity index (χ2v) is 3.19. The van der Waals surface area contributed by atoms with Crippen LogP contribution in [0.4, 0.5) is 0 Å². The van der Waals surface area contributed by atoms with E-state index in [9.17, 15) is 15.0 Å². The van der Waals surface area contributed by atoms with Gasteiger partial charge in [0, 0.05) is 13.3 Å². The van der Waals surface area contributed by atoms with Gasteiger partial charge in [0.1, 0.15) is 18.3 Å². The lowest BCUT2D eigenvalue weighted by molar-refractivity contribution is -0.244. The van der Waals surface area contributed by atoms with Crippen molar-refractivity contribution in [1.82, 2.24) is 0 Å². The molecule has 6 heteroatoms. The van der Waals surface area contributed by atoms with E-state index in [1.165, 1.54) is 6.92 Å². The zero-order valence-electron chi connectivity index (χ0n) is 7.79. The Bertz CT molecular complexity index is 206. The van der Waals surface area contributed by atoms with Gasteiger partial charge in [-0.15, -0.1) is 0 Å². The van der Waals surface area contributed by atoms with E-state index in [1.807, 2.05) is 0 Å². The highest BCUT2D eigenvalue weighted by atomic mass is 16.6. The smallest absolute Gasteiger partial charge is 0.302 e. The molecule has 6 nitrogen and oxygen atoms in total. The third-order valence-electron chi connectivity index (χ3n) is 2.02. The highest BCUT2D eigenvalue weighted by Gasteiger charge is 2.38. The number of rotatable bonds is 2. The zero-order chi connectivity index (χ0) is 10.7. The summed E-state index contributed by atoms with van der Waals surface area (Å²) in [5, 5.41) is 27.5. The van der Waals surface area contributed by atoms with Gasteiger partial charge in [0.2, 0.25) is 0 Å². The molecule has 3 N–H and O–H groups in total. The van der Waals surface area contributed by atoms with Crippen LogP contribution in [0.3, 0.4) is 0 Å². The van der Waals surface area contributed by atoms with Gasteiger partial charge >= 0.3 is 5.97 Å². The third kappa shape index (κ3) is 2.65. The zero-order valence-corrected chi connectivity index (χ0v) is 7.79. The van der Waals surface area contributed by atoms with Crippen LogP contribution in [0, 0.1) is 0 Å². The van der Waals surface area contributed by atoms with Crippen LogP contribution in [0.2, 0.25) is 0 Å². The summed E-state index contributed by atoms with van der Waals surface area (Å²) in [6, 6.07) is 0. The van der Waals surface area contributed by atoms with Crippen LogP contribution < -0.4 is 0 Å². The summed E-state index contributed by atoms with van der Waals surface area (Å²) < 4.78 is 9.59. The number of carbonyl (C=O) groups excluding carboxylic acids is 1. The summed E-state index contributed by atoms with van der Waals surface area (Å²) in [5.74, 6) is -0.542. The summed E-state index contributed by atoms with van der Waals surface area (Å²) in [5.41, 5.74) is 0. The molecule has 0 aromatic rings. The number of carbonyl (C=O) groups is 1. The van der Waals surface area contributed by atoms with Gasteiger partial charge < -0.3 is 24.8 Å². The summed E-state index contributed by atoms with van der Waals surface area (Å²) >= 11 is 0. The summed E-state index contributed by atoms with van der Waals surface area (Å²) in [6.07, 6.45) is -3.96. The van der Waals surface area contributed by atoms with Crippen molar-refractivity contribution < 1.29 is 29.6 Å². The molecule has 0 aromatic heterocycles. The van der Waals surface area contributed by atoms with Gasteiger partial charge in [-0.2, -0.15) is 0 Å². The topological polar surface area (TPSA) is 96.2 Å². The van der Waals surface area contributed by atoms with Crippen LogP contribution in [0.15, 0.2) is 0 Å². The lowest BCUT2D eigenvalue weighted by atomic mass is 10.0. The highest BCUT2D eigenvalue weighted by Crippen LogP contribution is 2.21. The van der Waals surface area contributed by atoms with Crippen molar-refractivity contribution in [3.05, 3.63) is 0 Å². The first-order valence-corrected chi connectivity index (χ1v) is 4.34. The number of hydrogen-bond donors (Lipinski definition) is 3. The van der Waals surface area contributed by atoms with Crippen LogP contribution in [-0.2, 0) is 14.3 Å². The minimum Gasteiger partial charge on any atom is -0.459 e. The van der Waals surface area contributed by atoms with Crippen LogP contribution in [0.25, 0.3) is 0 Å². The Kier molecular flexibility index (Phi) is 3.82. The fourth-order valence-corrected chi connectivity index (χ4v) is 1.40. The van der Waals surface area contributed by atoms with Gasteiger partial charge in [-0.3, -0.25) is 4.79 Å². The largest absolute Gasteiger partial charge is 0.459 e. The lowest BCUT2D eigenvalue weighted by Crippen LogP contribution is -2.51. The molecular weight excluding hydrogens is 192 g/mol. The highest BCUT2D eigenvalue weighted by molar-refractivity contribution is 5.66. The van der Waals surface area contributed by atoms with Crippen molar-refractivity contribution in [2.45, 2.75) is 37.9 Å². The minimum atomic E-state index is -1.13. The monoisotopic (exact) mass is 206 g/mol. The van der Waals surface area contributed by atoms with Gasteiger partial charge in [0.05, 0.1) is 6.61 Å². The molecule has 0 radical (unpaired) electrons. The molecule has 82 valence electrons. The molecule has 0 aliphatic carbocycles. The maximum atomic E-state index is 10.6. The Balaban J connectivity index is 2.59. The van der Waals surface area contributed by atoms with E-state index < -0.39 is 37.2 Å². The molecule has 1 heterocycles. The van der Waals surface area contributed by atoms with Crippen molar-refractivity contribution in [3.8, 4) is 0 Å². The van der Waals surface area contributed by atoms with E-state index in [2.05, 4.69) is 0 Å². The molecule has 0 spiro atoms. The molecule has 0 saturated carbocycles. The Labute approximate surface area is 81.1 Å². The van der Waals surface area contributed by atoms with Crippen molar-refractivity contribution >= 4 is 5.97 Å². The second kappa shape index (κ2) is 4.70. The molecule has 1 aliphatic heterocycles. The van der Waals surface area contributed by atoms with Crippen molar-refractivity contribution in [1.29, 1.82) is 0 Å². The summed E-state index contributed by atoms with van der Waals surface area (Å²) in [4.78, 5) is 10.6. The first-order chi connectivity index (χ1) is 6.54. The number of esters is 1. The average molecular weight is 206 g/mol. The Hall–Kier alpha value is -0.690. The van der Waals surface area contributed by atoms with E-state index in [-0.39, 0.29) is 6.42 Å². The minimum absolute atomic E-state index is 0.0112. The molecule has 4 atom stereocenters. The number of aliphatic hydroxyl groups excluding tert-OH is 3. The normalized spacial score (nSPS) is 38.0. The van der Waals surface area contributed by atoms with Gasteiger partial charge in [-0.1, -0.05) is 0 Å². The first kappa shape index (κ1) is 11.4. The molecule has 0 amide bonds. The number of hydrogen-bond acceptors (Lipinski definition) is 6. The van der Waals surface area contributed by atoms with E-state index in [0.29, 0.717) is 0 Å². The van der Waals surface area contributed by atoms with E-state index in [1.54, 1.807) is 0 Å². The predicted molar refractivity (Wildman–Crippen MR) is 44.1 cm³/mol. The predicted octanol–water partition coefficient (Wildman–Crippen LogP) is -1.62.